The van der Waals surface area contributed by atoms with Gasteiger partial charge in [0.2, 0.25) is 0 Å². The van der Waals surface area contributed by atoms with E-state index in [1.54, 1.807) is 12.1 Å². The second kappa shape index (κ2) is 5.52. The third-order valence-corrected chi connectivity index (χ3v) is 2.99. The normalized spacial score (nSPS) is 10.2. The second-order valence-corrected chi connectivity index (χ2v) is 4.60. The highest BCUT2D eigenvalue weighted by atomic mass is 16.6. The molecule has 0 saturated carbocycles. The first kappa shape index (κ1) is 13.1. The number of hydrogen-bond donors (Lipinski definition) is 1. The fourth-order valence-corrected chi connectivity index (χ4v) is 1.99. The lowest BCUT2D eigenvalue weighted by Gasteiger charge is -2.10. The average Bonchev–Trinajstić information content (AvgIpc) is 2.38. The minimum atomic E-state index is -0.374. The second-order valence-electron chi connectivity index (χ2n) is 4.60. The Kier molecular flexibility index (Phi) is 3.80. The quantitative estimate of drug-likeness (QED) is 0.668. The molecule has 0 aliphatic carbocycles. The standard InChI is InChI=1S/C15H16N2O2/c1-11-6-7-15(12(2)8-11)16-10-13-4-3-5-14(9-13)17(18)19/h3-9,16H,10H2,1-2H3. The molecule has 0 radical (unpaired) electrons. The number of nitrogens with one attached hydrogen (secondary N) is 1. The first-order valence-corrected chi connectivity index (χ1v) is 6.11. The van der Waals surface area contributed by atoms with Crippen LogP contribution in [0.1, 0.15) is 16.7 Å². The number of rotatable bonds is 4. The SMILES string of the molecule is Cc1ccc(NCc2cccc([N+](=O)[O-])c2)c(C)c1. The topological polar surface area (TPSA) is 55.2 Å². The lowest BCUT2D eigenvalue weighted by atomic mass is 10.1. The number of benzene rings is 2. The molecule has 2 rings (SSSR count). The molecule has 0 saturated heterocycles. The van der Waals surface area contributed by atoms with E-state index < -0.39 is 0 Å². The summed E-state index contributed by atoms with van der Waals surface area (Å²) in [6.07, 6.45) is 0. The van der Waals surface area contributed by atoms with Gasteiger partial charge < -0.3 is 5.32 Å². The number of anilines is 1. The molecule has 0 bridgehead atoms. The maximum Gasteiger partial charge on any atom is 0.269 e. The van der Waals surface area contributed by atoms with E-state index in [2.05, 4.69) is 18.3 Å². The minimum Gasteiger partial charge on any atom is -0.381 e. The highest BCUT2D eigenvalue weighted by Gasteiger charge is 2.05. The zero-order valence-corrected chi connectivity index (χ0v) is 11.0. The van der Waals surface area contributed by atoms with Gasteiger partial charge in [-0.15, -0.1) is 0 Å². The van der Waals surface area contributed by atoms with Crippen molar-refractivity contribution in [3.63, 3.8) is 0 Å². The molecule has 0 fully saturated rings. The molecule has 19 heavy (non-hydrogen) atoms. The molecule has 2 aromatic rings. The van der Waals surface area contributed by atoms with Gasteiger partial charge >= 0.3 is 0 Å². The number of hydrogen-bond acceptors (Lipinski definition) is 3. The van der Waals surface area contributed by atoms with E-state index in [9.17, 15) is 10.1 Å². The Morgan fingerprint density at radius 1 is 1.16 bits per heavy atom. The number of nitro benzene ring substituents is 1. The van der Waals surface area contributed by atoms with Crippen molar-refractivity contribution in [2.45, 2.75) is 20.4 Å². The zero-order valence-electron chi connectivity index (χ0n) is 11.0. The highest BCUT2D eigenvalue weighted by Crippen LogP contribution is 2.18. The molecular formula is C15H16N2O2. The molecule has 0 spiro atoms. The van der Waals surface area contributed by atoms with Crippen LogP contribution in [0.15, 0.2) is 42.5 Å². The van der Waals surface area contributed by atoms with Crippen molar-refractivity contribution >= 4 is 11.4 Å². The molecule has 4 nitrogen and oxygen atoms in total. The summed E-state index contributed by atoms with van der Waals surface area (Å²) >= 11 is 0. The fourth-order valence-electron chi connectivity index (χ4n) is 1.99. The van der Waals surface area contributed by atoms with Gasteiger partial charge in [0, 0.05) is 24.4 Å². The molecule has 4 heteroatoms. The Labute approximate surface area is 112 Å². The van der Waals surface area contributed by atoms with Crippen LogP contribution in [0.25, 0.3) is 0 Å². The van der Waals surface area contributed by atoms with Crippen molar-refractivity contribution < 1.29 is 4.92 Å². The number of nitrogens with zero attached hydrogens (tertiary/aromatic N) is 1. The third-order valence-electron chi connectivity index (χ3n) is 2.99. The summed E-state index contributed by atoms with van der Waals surface area (Å²) in [6, 6.07) is 12.9. The summed E-state index contributed by atoms with van der Waals surface area (Å²) in [5, 5.41) is 14.0. The molecule has 0 aromatic heterocycles. The van der Waals surface area contributed by atoms with Crippen molar-refractivity contribution in [2.24, 2.45) is 0 Å². The van der Waals surface area contributed by atoms with Crippen molar-refractivity contribution in [1.29, 1.82) is 0 Å². The number of aryl methyl sites for hydroxylation is 2. The maximum absolute atomic E-state index is 10.7. The molecule has 0 amide bonds. The molecule has 0 heterocycles. The van der Waals surface area contributed by atoms with Crippen LogP contribution in [0, 0.1) is 24.0 Å². The van der Waals surface area contributed by atoms with Gasteiger partial charge in [0.1, 0.15) is 0 Å². The summed E-state index contributed by atoms with van der Waals surface area (Å²) in [6.45, 7) is 4.67. The van der Waals surface area contributed by atoms with Crippen LogP contribution >= 0.6 is 0 Å². The van der Waals surface area contributed by atoms with E-state index in [0.29, 0.717) is 6.54 Å². The molecule has 0 unspecified atom stereocenters. The van der Waals surface area contributed by atoms with Crippen LogP contribution in [0.5, 0.6) is 0 Å². The largest absolute Gasteiger partial charge is 0.381 e. The van der Waals surface area contributed by atoms with Gasteiger partial charge in [0.25, 0.3) is 5.69 Å². The van der Waals surface area contributed by atoms with Gasteiger partial charge in [-0.05, 0) is 31.0 Å². The Morgan fingerprint density at radius 3 is 2.63 bits per heavy atom. The molecule has 0 atom stereocenters. The lowest BCUT2D eigenvalue weighted by Crippen LogP contribution is -2.01. The summed E-state index contributed by atoms with van der Waals surface area (Å²) in [7, 11) is 0. The van der Waals surface area contributed by atoms with Gasteiger partial charge in [-0.1, -0.05) is 29.8 Å². The highest BCUT2D eigenvalue weighted by molar-refractivity contribution is 5.52. The monoisotopic (exact) mass is 256 g/mol. The zero-order chi connectivity index (χ0) is 13.8. The summed E-state index contributed by atoms with van der Waals surface area (Å²) < 4.78 is 0. The van der Waals surface area contributed by atoms with Crippen LogP contribution in [0.4, 0.5) is 11.4 Å². The molecule has 98 valence electrons. The van der Waals surface area contributed by atoms with Crippen molar-refractivity contribution in [3.8, 4) is 0 Å². The Balaban J connectivity index is 2.10. The summed E-state index contributed by atoms with van der Waals surface area (Å²) in [5.74, 6) is 0. The van der Waals surface area contributed by atoms with Crippen molar-refractivity contribution in [3.05, 3.63) is 69.3 Å². The van der Waals surface area contributed by atoms with E-state index in [-0.39, 0.29) is 10.6 Å². The van der Waals surface area contributed by atoms with Gasteiger partial charge in [-0.2, -0.15) is 0 Å². The third kappa shape index (κ3) is 3.31. The smallest absolute Gasteiger partial charge is 0.269 e. The van der Waals surface area contributed by atoms with Gasteiger partial charge in [0.05, 0.1) is 4.92 Å². The lowest BCUT2D eigenvalue weighted by molar-refractivity contribution is -0.384. The predicted molar refractivity (Wildman–Crippen MR) is 76.3 cm³/mol. The van der Waals surface area contributed by atoms with Gasteiger partial charge in [-0.25, -0.2) is 0 Å². The van der Waals surface area contributed by atoms with Crippen LogP contribution in [0.3, 0.4) is 0 Å². The van der Waals surface area contributed by atoms with Crippen LogP contribution in [-0.2, 0) is 6.54 Å². The van der Waals surface area contributed by atoms with Gasteiger partial charge in [-0.3, -0.25) is 10.1 Å². The molecule has 2 aromatic carbocycles. The molecular weight excluding hydrogens is 240 g/mol. The first-order valence-electron chi connectivity index (χ1n) is 6.11. The van der Waals surface area contributed by atoms with Crippen LogP contribution < -0.4 is 5.32 Å². The molecule has 0 aliphatic rings. The Hall–Kier alpha value is -2.36. The summed E-state index contributed by atoms with van der Waals surface area (Å²) in [5.41, 5.74) is 4.47. The predicted octanol–water partition coefficient (Wildman–Crippen LogP) is 3.82. The van der Waals surface area contributed by atoms with E-state index in [1.165, 1.54) is 17.2 Å². The summed E-state index contributed by atoms with van der Waals surface area (Å²) in [4.78, 5) is 10.3. The fraction of sp³-hybridized carbons (Fsp3) is 0.200. The van der Waals surface area contributed by atoms with Gasteiger partial charge in [0.15, 0.2) is 0 Å². The average molecular weight is 256 g/mol. The van der Waals surface area contributed by atoms with E-state index in [1.807, 2.05) is 25.1 Å². The molecule has 0 aliphatic heterocycles. The van der Waals surface area contributed by atoms with Crippen molar-refractivity contribution in [2.75, 3.05) is 5.32 Å². The van der Waals surface area contributed by atoms with Crippen molar-refractivity contribution in [1.82, 2.24) is 0 Å². The van der Waals surface area contributed by atoms with Crippen LogP contribution in [0.2, 0.25) is 0 Å². The maximum atomic E-state index is 10.7. The van der Waals surface area contributed by atoms with E-state index >= 15 is 0 Å². The minimum absolute atomic E-state index is 0.125. The first-order chi connectivity index (χ1) is 9.06. The van der Waals surface area contributed by atoms with Crippen LogP contribution in [-0.4, -0.2) is 4.92 Å². The van der Waals surface area contributed by atoms with E-state index in [0.717, 1.165) is 11.3 Å². The number of non-ortho nitro benzene ring substituents is 1. The Morgan fingerprint density at radius 2 is 1.95 bits per heavy atom. The Bertz CT molecular complexity index is 609. The van der Waals surface area contributed by atoms with E-state index in [4.69, 9.17) is 0 Å². The number of nitro groups is 1. The molecule has 1 N–H and O–H groups in total.